The molecule has 6 nitrogen and oxygen atoms in total. The van der Waals surface area contributed by atoms with Crippen molar-refractivity contribution >= 4 is 27.5 Å². The van der Waals surface area contributed by atoms with Gasteiger partial charge in [0.2, 0.25) is 5.91 Å². The van der Waals surface area contributed by atoms with Gasteiger partial charge in [-0.15, -0.1) is 0 Å². The Bertz CT molecular complexity index is 1010. The van der Waals surface area contributed by atoms with E-state index in [2.05, 4.69) is 21.2 Å². The summed E-state index contributed by atoms with van der Waals surface area (Å²) in [6.45, 7) is -0.236. The third-order valence-electron chi connectivity index (χ3n) is 3.53. The van der Waals surface area contributed by atoms with Gasteiger partial charge in [-0.1, -0.05) is 34.1 Å². The summed E-state index contributed by atoms with van der Waals surface area (Å²) in [5.41, 5.74) is -0.252. The summed E-state index contributed by atoms with van der Waals surface area (Å²) in [4.78, 5) is 36.6. The Labute approximate surface area is 151 Å². The Morgan fingerprint density at radius 1 is 0.920 bits per heavy atom. The summed E-state index contributed by atoms with van der Waals surface area (Å²) in [5, 5.41) is 2.68. The SMILES string of the molecule is O=C(Cn1ccn(-c2ccccc2)c(=O)c1=O)Nc1ccc(Br)cc1. The lowest BCUT2D eigenvalue weighted by Gasteiger charge is -2.09. The minimum absolute atomic E-state index is 0.236. The van der Waals surface area contributed by atoms with Crippen LogP contribution in [0.1, 0.15) is 0 Å². The van der Waals surface area contributed by atoms with Gasteiger partial charge >= 0.3 is 11.1 Å². The summed E-state index contributed by atoms with van der Waals surface area (Å²) in [6, 6.07) is 15.9. The van der Waals surface area contributed by atoms with Crippen LogP contribution in [0, 0.1) is 0 Å². The van der Waals surface area contributed by atoms with Gasteiger partial charge in [0, 0.05) is 28.2 Å². The second-order valence-electron chi connectivity index (χ2n) is 5.30. The van der Waals surface area contributed by atoms with E-state index < -0.39 is 11.1 Å². The van der Waals surface area contributed by atoms with Crippen LogP contribution in [0.4, 0.5) is 5.69 Å². The van der Waals surface area contributed by atoms with Crippen molar-refractivity contribution in [3.63, 3.8) is 0 Å². The lowest BCUT2D eigenvalue weighted by Crippen LogP contribution is -2.41. The fourth-order valence-electron chi connectivity index (χ4n) is 2.31. The maximum absolute atomic E-state index is 12.3. The van der Waals surface area contributed by atoms with E-state index in [9.17, 15) is 14.4 Å². The van der Waals surface area contributed by atoms with E-state index in [0.29, 0.717) is 11.4 Å². The smallest absolute Gasteiger partial charge is 0.320 e. The average Bonchev–Trinajstić information content (AvgIpc) is 2.62. The fraction of sp³-hybridized carbons (Fsp3) is 0.0556. The van der Waals surface area contributed by atoms with Crippen molar-refractivity contribution in [2.45, 2.75) is 6.54 Å². The summed E-state index contributed by atoms with van der Waals surface area (Å²) in [7, 11) is 0. The number of rotatable bonds is 4. The molecule has 0 bridgehead atoms. The van der Waals surface area contributed by atoms with Crippen LogP contribution < -0.4 is 16.4 Å². The standard InChI is InChI=1S/C18H14BrN3O3/c19-13-6-8-14(9-7-13)20-16(23)12-21-10-11-22(18(25)17(21)24)15-4-2-1-3-5-15/h1-11H,12H2,(H,20,23). The molecule has 25 heavy (non-hydrogen) atoms. The zero-order valence-corrected chi connectivity index (χ0v) is 14.6. The number of amides is 1. The molecular formula is C18H14BrN3O3. The van der Waals surface area contributed by atoms with Crippen LogP contribution in [0.2, 0.25) is 0 Å². The number of para-hydroxylation sites is 1. The van der Waals surface area contributed by atoms with Crippen LogP contribution in [0.5, 0.6) is 0 Å². The second-order valence-corrected chi connectivity index (χ2v) is 6.21. The molecule has 0 aliphatic carbocycles. The number of hydrogen-bond acceptors (Lipinski definition) is 3. The van der Waals surface area contributed by atoms with Gasteiger partial charge in [0.15, 0.2) is 0 Å². The molecule has 1 aromatic heterocycles. The molecule has 0 spiro atoms. The minimum Gasteiger partial charge on any atom is -0.325 e. The third-order valence-corrected chi connectivity index (χ3v) is 4.06. The number of hydrogen-bond donors (Lipinski definition) is 1. The fourth-order valence-corrected chi connectivity index (χ4v) is 2.58. The van der Waals surface area contributed by atoms with Crippen LogP contribution in [0.15, 0.2) is 81.1 Å². The molecule has 3 rings (SSSR count). The van der Waals surface area contributed by atoms with Gasteiger partial charge in [0.25, 0.3) is 0 Å². The quantitative estimate of drug-likeness (QED) is 0.684. The zero-order valence-electron chi connectivity index (χ0n) is 13.1. The molecule has 1 heterocycles. The van der Waals surface area contributed by atoms with Crippen molar-refractivity contribution in [2.75, 3.05) is 5.32 Å². The number of carbonyl (C=O) groups excluding carboxylic acids is 1. The Morgan fingerprint density at radius 3 is 2.28 bits per heavy atom. The van der Waals surface area contributed by atoms with Crippen molar-refractivity contribution in [1.82, 2.24) is 9.13 Å². The van der Waals surface area contributed by atoms with Crippen molar-refractivity contribution in [3.05, 3.63) is 92.2 Å². The molecular weight excluding hydrogens is 386 g/mol. The first-order chi connectivity index (χ1) is 12.0. The Hall–Kier alpha value is -2.93. The monoisotopic (exact) mass is 399 g/mol. The van der Waals surface area contributed by atoms with Gasteiger partial charge in [0.05, 0.1) is 0 Å². The van der Waals surface area contributed by atoms with E-state index >= 15 is 0 Å². The van der Waals surface area contributed by atoms with Gasteiger partial charge < -0.3 is 5.32 Å². The van der Waals surface area contributed by atoms with E-state index in [1.165, 1.54) is 17.0 Å². The van der Waals surface area contributed by atoms with Crippen molar-refractivity contribution in [3.8, 4) is 5.69 Å². The second kappa shape index (κ2) is 7.31. The summed E-state index contributed by atoms with van der Waals surface area (Å²) < 4.78 is 3.24. The first kappa shape index (κ1) is 16.9. The highest BCUT2D eigenvalue weighted by atomic mass is 79.9. The lowest BCUT2D eigenvalue weighted by atomic mass is 10.3. The molecule has 0 radical (unpaired) electrons. The first-order valence-corrected chi connectivity index (χ1v) is 8.27. The third kappa shape index (κ3) is 3.95. The molecule has 3 aromatic rings. The van der Waals surface area contributed by atoms with Crippen molar-refractivity contribution in [2.24, 2.45) is 0 Å². The molecule has 1 amide bonds. The number of nitrogens with zero attached hydrogens (tertiary/aromatic N) is 2. The summed E-state index contributed by atoms with van der Waals surface area (Å²) in [6.07, 6.45) is 2.91. The summed E-state index contributed by atoms with van der Waals surface area (Å²) in [5.74, 6) is -0.388. The number of benzene rings is 2. The molecule has 1 N–H and O–H groups in total. The number of aromatic nitrogens is 2. The number of carbonyl (C=O) groups is 1. The molecule has 7 heteroatoms. The van der Waals surface area contributed by atoms with Gasteiger partial charge in [-0.25, -0.2) is 0 Å². The van der Waals surface area contributed by atoms with Crippen LogP contribution in [-0.4, -0.2) is 15.0 Å². The maximum Gasteiger partial charge on any atom is 0.320 e. The predicted molar refractivity (Wildman–Crippen MR) is 99.1 cm³/mol. The number of anilines is 1. The zero-order chi connectivity index (χ0) is 17.8. The minimum atomic E-state index is -0.752. The molecule has 2 aromatic carbocycles. The Balaban J connectivity index is 1.80. The highest BCUT2D eigenvalue weighted by Gasteiger charge is 2.10. The normalized spacial score (nSPS) is 10.4. The maximum atomic E-state index is 12.3. The van der Waals surface area contributed by atoms with Crippen LogP contribution in [0.3, 0.4) is 0 Å². The molecule has 0 saturated carbocycles. The van der Waals surface area contributed by atoms with Crippen LogP contribution >= 0.6 is 15.9 Å². The highest BCUT2D eigenvalue weighted by molar-refractivity contribution is 9.10. The van der Waals surface area contributed by atoms with E-state index in [-0.39, 0.29) is 12.5 Å². The Morgan fingerprint density at radius 2 is 1.60 bits per heavy atom. The van der Waals surface area contributed by atoms with E-state index in [0.717, 1.165) is 9.04 Å². The molecule has 0 unspecified atom stereocenters. The highest BCUT2D eigenvalue weighted by Crippen LogP contribution is 2.14. The number of halogens is 1. The van der Waals surface area contributed by atoms with Crippen molar-refractivity contribution < 1.29 is 4.79 Å². The summed E-state index contributed by atoms with van der Waals surface area (Å²) >= 11 is 3.31. The van der Waals surface area contributed by atoms with Gasteiger partial charge in [-0.2, -0.15) is 0 Å². The molecule has 0 saturated heterocycles. The molecule has 0 aliphatic heterocycles. The average molecular weight is 400 g/mol. The topological polar surface area (TPSA) is 73.1 Å². The van der Waals surface area contributed by atoms with E-state index in [1.54, 1.807) is 48.5 Å². The number of nitrogens with one attached hydrogen (secondary N) is 1. The van der Waals surface area contributed by atoms with Crippen molar-refractivity contribution in [1.29, 1.82) is 0 Å². The van der Waals surface area contributed by atoms with E-state index in [1.807, 2.05) is 6.07 Å². The molecule has 0 aliphatic rings. The van der Waals surface area contributed by atoms with Gasteiger partial charge in [-0.05, 0) is 36.4 Å². The van der Waals surface area contributed by atoms with Crippen LogP contribution in [0.25, 0.3) is 5.69 Å². The van der Waals surface area contributed by atoms with Gasteiger partial charge in [0.1, 0.15) is 6.54 Å². The van der Waals surface area contributed by atoms with Crippen LogP contribution in [-0.2, 0) is 11.3 Å². The van der Waals surface area contributed by atoms with E-state index in [4.69, 9.17) is 0 Å². The Kier molecular flexibility index (Phi) is 4.95. The predicted octanol–water partition coefficient (Wildman–Crippen LogP) is 2.40. The first-order valence-electron chi connectivity index (χ1n) is 7.47. The molecule has 0 atom stereocenters. The van der Waals surface area contributed by atoms with Gasteiger partial charge in [-0.3, -0.25) is 23.5 Å². The molecule has 0 fully saturated rings. The largest absolute Gasteiger partial charge is 0.325 e. The lowest BCUT2D eigenvalue weighted by molar-refractivity contribution is -0.116. The molecule has 126 valence electrons.